The largest absolute Gasteiger partial charge is 0.478 e. The highest BCUT2D eigenvalue weighted by molar-refractivity contribution is 6.01. The molecule has 3 N–H and O–H groups in total. The Hall–Kier alpha value is -2.37. The molecule has 0 aliphatic rings. The minimum Gasteiger partial charge on any atom is -0.478 e. The summed E-state index contributed by atoms with van der Waals surface area (Å²) in [7, 11) is 0. The molecule has 6 heteroatoms. The zero-order valence-electron chi connectivity index (χ0n) is 12.4. The number of hydrogen-bond donors (Lipinski definition) is 2. The van der Waals surface area contributed by atoms with Crippen molar-refractivity contribution < 1.29 is 14.7 Å². The van der Waals surface area contributed by atoms with E-state index in [9.17, 15) is 14.7 Å². The van der Waals surface area contributed by atoms with Gasteiger partial charge in [-0.3, -0.25) is 4.79 Å². The van der Waals surface area contributed by atoms with Crippen molar-refractivity contribution in [2.24, 2.45) is 11.1 Å². The summed E-state index contributed by atoms with van der Waals surface area (Å²) in [5, 5.41) is 9.36. The highest BCUT2D eigenvalue weighted by atomic mass is 16.4. The molecular weight excluding hydrogens is 270 g/mol. The Morgan fingerprint density at radius 2 is 2.05 bits per heavy atom. The van der Waals surface area contributed by atoms with Gasteiger partial charge >= 0.3 is 5.97 Å². The molecule has 0 aliphatic carbocycles. The SMILES string of the molecule is CCc1nc2cccc(C(=O)O)c2n1CC(C)(C)C(N)=O. The van der Waals surface area contributed by atoms with Crippen LogP contribution in [0.15, 0.2) is 18.2 Å². The average molecular weight is 289 g/mol. The van der Waals surface area contributed by atoms with Gasteiger partial charge in [-0.15, -0.1) is 0 Å². The van der Waals surface area contributed by atoms with Crippen LogP contribution in [0.3, 0.4) is 0 Å². The molecule has 0 radical (unpaired) electrons. The van der Waals surface area contributed by atoms with E-state index in [1.54, 1.807) is 36.6 Å². The van der Waals surface area contributed by atoms with Gasteiger partial charge in [0.1, 0.15) is 5.82 Å². The number of aromatic carboxylic acids is 1. The molecule has 1 aromatic carbocycles. The van der Waals surface area contributed by atoms with Crippen molar-refractivity contribution in [1.29, 1.82) is 0 Å². The second-order valence-corrected chi connectivity index (χ2v) is 5.69. The van der Waals surface area contributed by atoms with E-state index in [1.807, 2.05) is 6.92 Å². The quantitative estimate of drug-likeness (QED) is 0.877. The van der Waals surface area contributed by atoms with Gasteiger partial charge in [-0.25, -0.2) is 9.78 Å². The summed E-state index contributed by atoms with van der Waals surface area (Å²) >= 11 is 0. The van der Waals surface area contributed by atoms with E-state index >= 15 is 0 Å². The number of carbonyl (C=O) groups excluding carboxylic acids is 1. The number of hydrogen-bond acceptors (Lipinski definition) is 3. The first-order valence-electron chi connectivity index (χ1n) is 6.79. The maximum Gasteiger partial charge on any atom is 0.337 e. The van der Waals surface area contributed by atoms with Crippen LogP contribution in [0.1, 0.15) is 37.0 Å². The molecule has 0 fully saturated rings. The van der Waals surface area contributed by atoms with Gasteiger partial charge in [-0.1, -0.05) is 13.0 Å². The predicted octanol–water partition coefficient (Wildman–Crippen LogP) is 1.81. The topological polar surface area (TPSA) is 98.2 Å². The van der Waals surface area contributed by atoms with Crippen molar-refractivity contribution in [2.45, 2.75) is 33.7 Å². The highest BCUT2D eigenvalue weighted by Crippen LogP contribution is 2.26. The zero-order valence-corrected chi connectivity index (χ0v) is 12.4. The van der Waals surface area contributed by atoms with Crippen LogP contribution in [0.5, 0.6) is 0 Å². The number of benzene rings is 1. The molecule has 21 heavy (non-hydrogen) atoms. The fourth-order valence-corrected chi connectivity index (χ4v) is 2.32. The molecule has 1 amide bonds. The van der Waals surface area contributed by atoms with Gasteiger partial charge in [-0.2, -0.15) is 0 Å². The third kappa shape index (κ3) is 2.61. The lowest BCUT2D eigenvalue weighted by atomic mass is 9.92. The number of rotatable bonds is 5. The summed E-state index contributed by atoms with van der Waals surface area (Å²) < 4.78 is 1.80. The first-order chi connectivity index (χ1) is 9.77. The average Bonchev–Trinajstić information content (AvgIpc) is 2.75. The molecule has 6 nitrogen and oxygen atoms in total. The first kappa shape index (κ1) is 15.0. The number of imidazole rings is 1. The molecule has 0 unspecified atom stereocenters. The van der Waals surface area contributed by atoms with E-state index in [-0.39, 0.29) is 5.56 Å². The molecule has 1 aromatic heterocycles. The van der Waals surface area contributed by atoms with Gasteiger partial charge in [-0.05, 0) is 26.0 Å². The number of nitrogens with two attached hydrogens (primary N) is 1. The molecule has 0 spiro atoms. The summed E-state index contributed by atoms with van der Waals surface area (Å²) in [5.74, 6) is -0.700. The van der Waals surface area contributed by atoms with Crippen molar-refractivity contribution >= 4 is 22.9 Å². The van der Waals surface area contributed by atoms with Gasteiger partial charge in [0.2, 0.25) is 5.91 Å². The summed E-state index contributed by atoms with van der Waals surface area (Å²) in [6.07, 6.45) is 0.641. The number of carbonyl (C=O) groups is 2. The van der Waals surface area contributed by atoms with Gasteiger partial charge in [0.25, 0.3) is 0 Å². The van der Waals surface area contributed by atoms with Crippen LogP contribution in [0.2, 0.25) is 0 Å². The monoisotopic (exact) mass is 289 g/mol. The molecule has 2 aromatic rings. The van der Waals surface area contributed by atoms with E-state index in [0.29, 0.717) is 24.0 Å². The van der Waals surface area contributed by atoms with Crippen LogP contribution in [-0.2, 0) is 17.8 Å². The molecule has 1 heterocycles. The summed E-state index contributed by atoms with van der Waals surface area (Å²) in [5.41, 5.74) is 5.98. The van der Waals surface area contributed by atoms with E-state index in [2.05, 4.69) is 4.98 Å². The van der Waals surface area contributed by atoms with Crippen LogP contribution in [0, 0.1) is 5.41 Å². The maximum atomic E-state index is 11.6. The number of aryl methyl sites for hydroxylation is 1. The van der Waals surface area contributed by atoms with E-state index in [1.165, 1.54) is 0 Å². The first-order valence-corrected chi connectivity index (χ1v) is 6.79. The van der Waals surface area contributed by atoms with Gasteiger partial charge in [0.15, 0.2) is 0 Å². The molecule has 0 bridgehead atoms. The summed E-state index contributed by atoms with van der Waals surface area (Å²) in [6.45, 7) is 5.72. The molecule has 112 valence electrons. The Kier molecular flexibility index (Phi) is 3.72. The Balaban J connectivity index is 2.71. The second kappa shape index (κ2) is 5.20. The fourth-order valence-electron chi connectivity index (χ4n) is 2.32. The number of nitrogens with zero attached hydrogens (tertiary/aromatic N) is 2. The molecule has 2 rings (SSSR count). The summed E-state index contributed by atoms with van der Waals surface area (Å²) in [4.78, 5) is 27.5. The van der Waals surface area contributed by atoms with Crippen LogP contribution in [0.4, 0.5) is 0 Å². The molecular formula is C15H19N3O3. The number of primary amides is 1. The number of para-hydroxylation sites is 1. The van der Waals surface area contributed by atoms with E-state index < -0.39 is 17.3 Å². The lowest BCUT2D eigenvalue weighted by molar-refractivity contribution is -0.126. The number of carboxylic acid groups (broad SMARTS) is 1. The van der Waals surface area contributed by atoms with Crippen LogP contribution >= 0.6 is 0 Å². The van der Waals surface area contributed by atoms with Crippen LogP contribution in [-0.4, -0.2) is 26.5 Å². The molecule has 0 atom stereocenters. The predicted molar refractivity (Wildman–Crippen MR) is 79.0 cm³/mol. The Morgan fingerprint density at radius 3 is 2.57 bits per heavy atom. The number of amides is 1. The Labute approximate surface area is 122 Å². The third-order valence-electron chi connectivity index (χ3n) is 3.61. The van der Waals surface area contributed by atoms with Crippen molar-refractivity contribution in [3.8, 4) is 0 Å². The molecule has 0 aliphatic heterocycles. The van der Waals surface area contributed by atoms with E-state index in [0.717, 1.165) is 5.82 Å². The fraction of sp³-hybridized carbons (Fsp3) is 0.400. The third-order valence-corrected chi connectivity index (χ3v) is 3.61. The van der Waals surface area contributed by atoms with Crippen molar-refractivity contribution in [3.05, 3.63) is 29.6 Å². The second-order valence-electron chi connectivity index (χ2n) is 5.69. The zero-order chi connectivity index (χ0) is 15.8. The maximum absolute atomic E-state index is 11.6. The minimum absolute atomic E-state index is 0.181. The lowest BCUT2D eigenvalue weighted by Gasteiger charge is -2.23. The standard InChI is InChI=1S/C15H19N3O3/c1-4-11-17-10-7-5-6-9(13(19)20)12(10)18(11)8-15(2,3)14(16)21/h5-7H,4,8H2,1-3H3,(H2,16,21)(H,19,20). The van der Waals surface area contributed by atoms with Crippen LogP contribution < -0.4 is 5.73 Å². The summed E-state index contributed by atoms with van der Waals surface area (Å²) in [6, 6.07) is 4.98. The molecule has 0 saturated heterocycles. The van der Waals surface area contributed by atoms with Crippen molar-refractivity contribution in [2.75, 3.05) is 0 Å². The van der Waals surface area contributed by atoms with Crippen molar-refractivity contribution in [3.63, 3.8) is 0 Å². The number of aromatic nitrogens is 2. The number of fused-ring (bicyclic) bond motifs is 1. The Morgan fingerprint density at radius 1 is 1.38 bits per heavy atom. The Bertz CT molecular complexity index is 716. The number of carboxylic acids is 1. The van der Waals surface area contributed by atoms with Gasteiger partial charge in [0.05, 0.1) is 22.0 Å². The normalized spacial score (nSPS) is 11.8. The van der Waals surface area contributed by atoms with Gasteiger partial charge < -0.3 is 15.4 Å². The smallest absolute Gasteiger partial charge is 0.337 e. The highest BCUT2D eigenvalue weighted by Gasteiger charge is 2.28. The van der Waals surface area contributed by atoms with Gasteiger partial charge in [0, 0.05) is 13.0 Å². The lowest BCUT2D eigenvalue weighted by Crippen LogP contribution is -2.35. The minimum atomic E-state index is -1.01. The van der Waals surface area contributed by atoms with Crippen molar-refractivity contribution in [1.82, 2.24) is 9.55 Å². The molecule has 0 saturated carbocycles. The van der Waals surface area contributed by atoms with Crippen LogP contribution in [0.25, 0.3) is 11.0 Å². The van der Waals surface area contributed by atoms with E-state index in [4.69, 9.17) is 5.73 Å².